The second-order valence-corrected chi connectivity index (χ2v) is 6.54. The number of methoxy groups -OCH3 is 2. The monoisotopic (exact) mass is 362 g/mol. The molecule has 0 aliphatic carbocycles. The van der Waals surface area contributed by atoms with Crippen LogP contribution in [0.2, 0.25) is 0 Å². The van der Waals surface area contributed by atoms with Gasteiger partial charge in [0.15, 0.2) is 5.76 Å². The van der Waals surface area contributed by atoms with Crippen LogP contribution in [0.5, 0.6) is 11.5 Å². The minimum atomic E-state index is -1.79. The molecule has 9 heteroatoms. The fourth-order valence-electron chi connectivity index (χ4n) is 1.91. The number of nitrogens with zero attached hydrogens (tertiary/aromatic N) is 2. The Bertz CT molecular complexity index is 822. The van der Waals surface area contributed by atoms with Crippen molar-refractivity contribution in [2.24, 2.45) is 0 Å². The Morgan fingerprint density at radius 2 is 1.77 bits per heavy atom. The van der Waals surface area contributed by atoms with Crippen LogP contribution in [0.4, 0.5) is 0 Å². The molecule has 0 aliphatic heterocycles. The Kier molecular flexibility index (Phi) is 3.84. The van der Waals surface area contributed by atoms with Crippen LogP contribution in [0.25, 0.3) is 22.6 Å². The van der Waals surface area contributed by atoms with Crippen LogP contribution >= 0.6 is 34.8 Å². The van der Waals surface area contributed by atoms with Gasteiger partial charge in [-0.2, -0.15) is 0 Å². The predicted octanol–water partition coefficient (Wildman–Crippen LogP) is 4.33. The van der Waals surface area contributed by atoms with Crippen molar-refractivity contribution in [2.45, 2.75) is 3.79 Å². The third-order valence-electron chi connectivity index (χ3n) is 2.91. The normalized spacial score (nSPS) is 11.9. The number of hydrogen-bond acceptors (Lipinski definition) is 6. The number of fused-ring (bicyclic) bond motifs is 1. The maximum atomic E-state index is 5.69. The van der Waals surface area contributed by atoms with Crippen molar-refractivity contribution in [2.75, 3.05) is 14.2 Å². The average Bonchev–Trinajstić information content (AvgIpc) is 3.11. The molecular formula is C13H9Cl3N2O4. The summed E-state index contributed by atoms with van der Waals surface area (Å²) >= 11 is 17.1. The van der Waals surface area contributed by atoms with Gasteiger partial charge in [0.2, 0.25) is 0 Å². The van der Waals surface area contributed by atoms with Crippen LogP contribution in [-0.2, 0) is 3.79 Å². The highest BCUT2D eigenvalue weighted by Crippen LogP contribution is 2.40. The molecule has 0 N–H and O–H groups in total. The van der Waals surface area contributed by atoms with E-state index in [4.69, 9.17) is 53.1 Å². The van der Waals surface area contributed by atoms with Crippen LogP contribution in [-0.4, -0.2) is 24.4 Å². The average molecular weight is 364 g/mol. The fourth-order valence-corrected chi connectivity index (χ4v) is 2.14. The van der Waals surface area contributed by atoms with Gasteiger partial charge in [0.05, 0.1) is 19.6 Å². The van der Waals surface area contributed by atoms with E-state index in [1.807, 2.05) is 0 Å². The molecule has 1 aromatic carbocycles. The highest BCUT2D eigenvalue weighted by atomic mass is 35.6. The van der Waals surface area contributed by atoms with Crippen molar-refractivity contribution >= 4 is 45.8 Å². The molecular weight excluding hydrogens is 355 g/mol. The minimum absolute atomic E-state index is 0.0959. The molecule has 22 heavy (non-hydrogen) atoms. The van der Waals surface area contributed by atoms with E-state index in [9.17, 15) is 0 Å². The van der Waals surface area contributed by atoms with Crippen LogP contribution in [0.1, 0.15) is 5.89 Å². The van der Waals surface area contributed by atoms with E-state index in [1.165, 1.54) is 0 Å². The number of benzene rings is 1. The number of furan rings is 1. The molecule has 0 unspecified atom stereocenters. The van der Waals surface area contributed by atoms with Gasteiger partial charge in [0, 0.05) is 18.2 Å². The van der Waals surface area contributed by atoms with Gasteiger partial charge < -0.3 is 18.3 Å². The maximum absolute atomic E-state index is 5.69. The van der Waals surface area contributed by atoms with Crippen LogP contribution in [0.15, 0.2) is 27.0 Å². The van der Waals surface area contributed by atoms with Crippen molar-refractivity contribution in [1.29, 1.82) is 0 Å². The molecule has 2 aromatic heterocycles. The molecule has 0 saturated heterocycles. The lowest BCUT2D eigenvalue weighted by molar-refractivity contribution is 0.397. The van der Waals surface area contributed by atoms with E-state index in [1.54, 1.807) is 32.4 Å². The van der Waals surface area contributed by atoms with Crippen molar-refractivity contribution < 1.29 is 18.3 Å². The molecule has 0 amide bonds. The van der Waals surface area contributed by atoms with Crippen molar-refractivity contribution in [1.82, 2.24) is 10.2 Å². The third kappa shape index (κ3) is 2.69. The van der Waals surface area contributed by atoms with Crippen LogP contribution in [0, 0.1) is 0 Å². The van der Waals surface area contributed by atoms with Gasteiger partial charge in [-0.1, -0.05) is 34.8 Å². The van der Waals surface area contributed by atoms with E-state index in [0.29, 0.717) is 22.8 Å². The molecule has 0 radical (unpaired) electrons. The first-order valence-electron chi connectivity index (χ1n) is 5.99. The number of halogens is 3. The standard InChI is InChI=1S/C13H9Cl3N2O4/c1-19-6-3-8(20-2)7-5-10(21-9(7)4-6)11-17-18-12(22-11)13(14,15)16/h3-5H,1-2H3. The van der Waals surface area contributed by atoms with Gasteiger partial charge in [0.1, 0.15) is 17.1 Å². The fraction of sp³-hybridized carbons (Fsp3) is 0.231. The van der Waals surface area contributed by atoms with Gasteiger partial charge in [0.25, 0.3) is 15.6 Å². The van der Waals surface area contributed by atoms with Crippen molar-refractivity contribution in [3.8, 4) is 23.1 Å². The van der Waals surface area contributed by atoms with Gasteiger partial charge in [-0.05, 0) is 0 Å². The Balaban J connectivity index is 2.10. The van der Waals surface area contributed by atoms with Crippen LogP contribution in [0.3, 0.4) is 0 Å². The first kappa shape index (κ1) is 15.3. The quantitative estimate of drug-likeness (QED) is 0.645. The molecule has 0 bridgehead atoms. The Labute approximate surface area is 139 Å². The smallest absolute Gasteiger partial charge is 0.283 e. The number of ether oxygens (including phenoxy) is 2. The summed E-state index contributed by atoms with van der Waals surface area (Å²) in [7, 11) is 3.10. The van der Waals surface area contributed by atoms with E-state index in [-0.39, 0.29) is 11.8 Å². The first-order chi connectivity index (χ1) is 10.4. The number of hydrogen-bond donors (Lipinski definition) is 0. The summed E-state index contributed by atoms with van der Waals surface area (Å²) in [6, 6.07) is 5.15. The molecule has 0 aliphatic rings. The summed E-state index contributed by atoms with van der Waals surface area (Å²) < 4.78 is 19.7. The first-order valence-corrected chi connectivity index (χ1v) is 7.12. The molecule has 2 heterocycles. The van der Waals surface area contributed by atoms with E-state index in [2.05, 4.69) is 10.2 Å². The highest BCUT2D eigenvalue weighted by Gasteiger charge is 2.31. The van der Waals surface area contributed by atoms with Gasteiger partial charge >= 0.3 is 0 Å². The zero-order chi connectivity index (χ0) is 15.9. The predicted molar refractivity (Wildman–Crippen MR) is 81.8 cm³/mol. The second kappa shape index (κ2) is 5.53. The second-order valence-electron chi connectivity index (χ2n) is 4.26. The van der Waals surface area contributed by atoms with Gasteiger partial charge in [-0.3, -0.25) is 0 Å². The zero-order valence-electron chi connectivity index (χ0n) is 11.4. The number of alkyl halides is 3. The summed E-state index contributed by atoms with van der Waals surface area (Å²) in [5.41, 5.74) is 0.542. The molecule has 116 valence electrons. The van der Waals surface area contributed by atoms with Crippen molar-refractivity contribution in [3.05, 3.63) is 24.1 Å². The summed E-state index contributed by atoms with van der Waals surface area (Å²) in [5, 5.41) is 8.22. The molecule has 0 saturated carbocycles. The molecule has 3 aromatic rings. The SMILES string of the molecule is COc1cc(OC)c2cc(-c3nnc(C(Cl)(Cl)Cl)o3)oc2c1. The third-order valence-corrected chi connectivity index (χ3v) is 3.39. The largest absolute Gasteiger partial charge is 0.496 e. The topological polar surface area (TPSA) is 70.5 Å². The number of aromatic nitrogens is 2. The highest BCUT2D eigenvalue weighted by molar-refractivity contribution is 6.66. The summed E-state index contributed by atoms with van der Waals surface area (Å²) in [6.07, 6.45) is 0. The Morgan fingerprint density at radius 1 is 1.00 bits per heavy atom. The molecule has 0 atom stereocenters. The minimum Gasteiger partial charge on any atom is -0.496 e. The Hall–Kier alpha value is -1.63. The Morgan fingerprint density at radius 3 is 2.36 bits per heavy atom. The van der Waals surface area contributed by atoms with Gasteiger partial charge in [-0.15, -0.1) is 10.2 Å². The molecule has 6 nitrogen and oxygen atoms in total. The lowest BCUT2D eigenvalue weighted by Crippen LogP contribution is -1.99. The summed E-state index contributed by atoms with van der Waals surface area (Å²) in [4.78, 5) is 0. The lowest BCUT2D eigenvalue weighted by atomic mass is 10.2. The van der Waals surface area contributed by atoms with Crippen LogP contribution < -0.4 is 9.47 Å². The lowest BCUT2D eigenvalue weighted by Gasteiger charge is -2.04. The molecule has 0 fully saturated rings. The number of rotatable bonds is 3. The van der Waals surface area contributed by atoms with E-state index < -0.39 is 3.79 Å². The summed E-state index contributed by atoms with van der Waals surface area (Å²) in [6.45, 7) is 0. The zero-order valence-corrected chi connectivity index (χ0v) is 13.7. The molecule has 3 rings (SSSR count). The van der Waals surface area contributed by atoms with E-state index in [0.717, 1.165) is 5.39 Å². The summed E-state index contributed by atoms with van der Waals surface area (Å²) in [5.74, 6) is 1.47. The molecule has 0 spiro atoms. The van der Waals surface area contributed by atoms with Crippen molar-refractivity contribution in [3.63, 3.8) is 0 Å². The van der Waals surface area contributed by atoms with Gasteiger partial charge in [-0.25, -0.2) is 0 Å². The van der Waals surface area contributed by atoms with E-state index >= 15 is 0 Å². The maximum Gasteiger partial charge on any atom is 0.283 e.